The summed E-state index contributed by atoms with van der Waals surface area (Å²) >= 11 is 6.81. The number of aromatic nitrogens is 2. The van der Waals surface area contributed by atoms with E-state index < -0.39 is 0 Å². The van der Waals surface area contributed by atoms with Crippen LogP contribution in [0.3, 0.4) is 0 Å². The standard InChI is InChI=1S/C11H8Br2N2/c1-7-10(12)15-9(11(13)14-7)8-5-3-2-4-6-8/h2-6H,1H3. The smallest absolute Gasteiger partial charge is 0.132 e. The number of benzene rings is 1. The molecule has 0 saturated carbocycles. The van der Waals surface area contributed by atoms with Gasteiger partial charge in [-0.3, -0.25) is 0 Å². The second-order valence-corrected chi connectivity index (χ2v) is 4.61. The Labute approximate surface area is 105 Å². The van der Waals surface area contributed by atoms with Crippen LogP contribution in [0, 0.1) is 6.92 Å². The van der Waals surface area contributed by atoms with Gasteiger partial charge in [0.2, 0.25) is 0 Å². The van der Waals surface area contributed by atoms with E-state index in [2.05, 4.69) is 41.8 Å². The summed E-state index contributed by atoms with van der Waals surface area (Å²) in [6, 6.07) is 9.97. The summed E-state index contributed by atoms with van der Waals surface area (Å²) in [5.41, 5.74) is 2.78. The molecular weight excluding hydrogens is 320 g/mol. The van der Waals surface area contributed by atoms with E-state index >= 15 is 0 Å². The second-order valence-electron chi connectivity index (χ2n) is 3.11. The van der Waals surface area contributed by atoms with Crippen LogP contribution in [0.25, 0.3) is 11.3 Å². The van der Waals surface area contributed by atoms with Crippen molar-refractivity contribution in [3.05, 3.63) is 45.2 Å². The van der Waals surface area contributed by atoms with Gasteiger partial charge in [-0.25, -0.2) is 9.97 Å². The number of rotatable bonds is 1. The Morgan fingerprint density at radius 2 is 1.60 bits per heavy atom. The quantitative estimate of drug-likeness (QED) is 0.791. The molecule has 0 spiro atoms. The highest BCUT2D eigenvalue weighted by atomic mass is 79.9. The Morgan fingerprint density at radius 3 is 2.27 bits per heavy atom. The molecule has 1 heterocycles. The second kappa shape index (κ2) is 4.41. The topological polar surface area (TPSA) is 25.8 Å². The highest BCUT2D eigenvalue weighted by molar-refractivity contribution is 9.11. The first kappa shape index (κ1) is 10.8. The predicted molar refractivity (Wildman–Crippen MR) is 67.6 cm³/mol. The molecule has 2 aromatic rings. The fraction of sp³-hybridized carbons (Fsp3) is 0.0909. The van der Waals surface area contributed by atoms with Crippen LogP contribution in [0.15, 0.2) is 39.5 Å². The Morgan fingerprint density at radius 1 is 0.933 bits per heavy atom. The average Bonchev–Trinajstić information content (AvgIpc) is 2.25. The Bertz CT molecular complexity index is 483. The van der Waals surface area contributed by atoms with Gasteiger partial charge in [0, 0.05) is 5.56 Å². The molecule has 0 amide bonds. The summed E-state index contributed by atoms with van der Waals surface area (Å²) in [6.45, 7) is 1.91. The van der Waals surface area contributed by atoms with Crippen molar-refractivity contribution in [2.45, 2.75) is 6.92 Å². The van der Waals surface area contributed by atoms with Gasteiger partial charge in [-0.05, 0) is 38.8 Å². The molecule has 0 radical (unpaired) electrons. The normalized spacial score (nSPS) is 10.3. The van der Waals surface area contributed by atoms with Crippen LogP contribution in [0.2, 0.25) is 0 Å². The molecule has 4 heteroatoms. The third-order valence-corrected chi connectivity index (χ3v) is 3.32. The van der Waals surface area contributed by atoms with Crippen LogP contribution < -0.4 is 0 Å². The molecule has 1 aromatic heterocycles. The monoisotopic (exact) mass is 326 g/mol. The molecule has 0 aliphatic heterocycles. The number of hydrogen-bond donors (Lipinski definition) is 0. The van der Waals surface area contributed by atoms with E-state index in [9.17, 15) is 0 Å². The number of nitrogens with zero attached hydrogens (tertiary/aromatic N) is 2. The molecule has 0 saturated heterocycles. The molecule has 0 aliphatic rings. The zero-order valence-electron chi connectivity index (χ0n) is 8.04. The van der Waals surface area contributed by atoms with Crippen LogP contribution in [0.5, 0.6) is 0 Å². The van der Waals surface area contributed by atoms with Crippen molar-refractivity contribution in [2.24, 2.45) is 0 Å². The summed E-state index contributed by atoms with van der Waals surface area (Å²) in [7, 11) is 0. The van der Waals surface area contributed by atoms with Crippen molar-refractivity contribution in [3.63, 3.8) is 0 Å². The molecule has 2 nitrogen and oxygen atoms in total. The molecule has 0 bridgehead atoms. The van der Waals surface area contributed by atoms with Gasteiger partial charge in [-0.1, -0.05) is 30.3 Å². The van der Waals surface area contributed by atoms with Crippen molar-refractivity contribution in [3.8, 4) is 11.3 Å². The minimum Gasteiger partial charge on any atom is -0.241 e. The van der Waals surface area contributed by atoms with Crippen LogP contribution in [0.4, 0.5) is 0 Å². The summed E-state index contributed by atoms with van der Waals surface area (Å²) in [5.74, 6) is 0. The third kappa shape index (κ3) is 2.26. The molecule has 2 rings (SSSR count). The third-order valence-electron chi connectivity index (χ3n) is 2.02. The first-order valence-electron chi connectivity index (χ1n) is 4.43. The summed E-state index contributed by atoms with van der Waals surface area (Å²) in [4.78, 5) is 8.81. The van der Waals surface area contributed by atoms with E-state index in [1.54, 1.807) is 0 Å². The number of halogens is 2. The van der Waals surface area contributed by atoms with Crippen molar-refractivity contribution in [1.82, 2.24) is 9.97 Å². The van der Waals surface area contributed by atoms with Gasteiger partial charge in [-0.2, -0.15) is 0 Å². The SMILES string of the molecule is Cc1nc(Br)c(-c2ccccc2)nc1Br. The summed E-state index contributed by atoms with van der Waals surface area (Å²) in [6.07, 6.45) is 0. The molecule has 0 fully saturated rings. The maximum Gasteiger partial charge on any atom is 0.132 e. The first-order valence-corrected chi connectivity index (χ1v) is 6.02. The maximum absolute atomic E-state index is 4.45. The summed E-state index contributed by atoms with van der Waals surface area (Å²) < 4.78 is 1.55. The maximum atomic E-state index is 4.45. The van der Waals surface area contributed by atoms with E-state index in [-0.39, 0.29) is 0 Å². The molecule has 0 aliphatic carbocycles. The molecule has 15 heavy (non-hydrogen) atoms. The van der Waals surface area contributed by atoms with Crippen LogP contribution >= 0.6 is 31.9 Å². The van der Waals surface area contributed by atoms with E-state index in [1.165, 1.54) is 0 Å². The lowest BCUT2D eigenvalue weighted by Gasteiger charge is -2.05. The Balaban J connectivity index is 2.59. The van der Waals surface area contributed by atoms with Crippen molar-refractivity contribution >= 4 is 31.9 Å². The van der Waals surface area contributed by atoms with Crippen molar-refractivity contribution in [2.75, 3.05) is 0 Å². The van der Waals surface area contributed by atoms with Gasteiger partial charge in [-0.15, -0.1) is 0 Å². The van der Waals surface area contributed by atoms with Crippen LogP contribution in [0.1, 0.15) is 5.69 Å². The van der Waals surface area contributed by atoms with E-state index in [0.717, 1.165) is 26.2 Å². The highest BCUT2D eigenvalue weighted by Crippen LogP contribution is 2.27. The van der Waals surface area contributed by atoms with Gasteiger partial charge < -0.3 is 0 Å². The molecule has 1 aromatic carbocycles. The zero-order chi connectivity index (χ0) is 10.8. The molecule has 0 atom stereocenters. The Kier molecular flexibility index (Phi) is 3.17. The molecular formula is C11H8Br2N2. The van der Waals surface area contributed by atoms with E-state index in [4.69, 9.17) is 0 Å². The lowest BCUT2D eigenvalue weighted by atomic mass is 10.2. The largest absolute Gasteiger partial charge is 0.241 e. The van der Waals surface area contributed by atoms with Crippen LogP contribution in [-0.4, -0.2) is 9.97 Å². The van der Waals surface area contributed by atoms with E-state index in [1.807, 2.05) is 37.3 Å². The summed E-state index contributed by atoms with van der Waals surface area (Å²) in [5, 5.41) is 0. The lowest BCUT2D eigenvalue weighted by molar-refractivity contribution is 1.06. The average molecular weight is 328 g/mol. The minimum atomic E-state index is 0.773. The van der Waals surface area contributed by atoms with E-state index in [0.29, 0.717) is 0 Å². The van der Waals surface area contributed by atoms with Crippen molar-refractivity contribution < 1.29 is 0 Å². The molecule has 76 valence electrons. The van der Waals surface area contributed by atoms with Crippen LogP contribution in [-0.2, 0) is 0 Å². The van der Waals surface area contributed by atoms with Gasteiger partial charge in [0.1, 0.15) is 14.9 Å². The van der Waals surface area contributed by atoms with Gasteiger partial charge in [0.05, 0.1) is 5.69 Å². The lowest BCUT2D eigenvalue weighted by Crippen LogP contribution is -1.93. The number of hydrogen-bond acceptors (Lipinski definition) is 2. The van der Waals surface area contributed by atoms with Gasteiger partial charge in [0.25, 0.3) is 0 Å². The van der Waals surface area contributed by atoms with Gasteiger partial charge >= 0.3 is 0 Å². The fourth-order valence-corrected chi connectivity index (χ4v) is 2.10. The molecule has 0 N–H and O–H groups in total. The Hall–Kier alpha value is -0.740. The number of aryl methyl sites for hydroxylation is 1. The highest BCUT2D eigenvalue weighted by Gasteiger charge is 2.08. The fourth-order valence-electron chi connectivity index (χ4n) is 1.25. The molecule has 0 unspecified atom stereocenters. The first-order chi connectivity index (χ1) is 7.18. The predicted octanol–water partition coefficient (Wildman–Crippen LogP) is 3.98. The van der Waals surface area contributed by atoms with Crippen molar-refractivity contribution in [1.29, 1.82) is 0 Å². The zero-order valence-corrected chi connectivity index (χ0v) is 11.2. The van der Waals surface area contributed by atoms with Gasteiger partial charge in [0.15, 0.2) is 0 Å². The minimum absolute atomic E-state index is 0.773.